The molecule has 0 saturated carbocycles. The van der Waals surface area contributed by atoms with E-state index in [0.29, 0.717) is 12.1 Å². The summed E-state index contributed by atoms with van der Waals surface area (Å²) in [6.45, 7) is 3.63. The average Bonchev–Trinajstić information content (AvgIpc) is 2.58. The van der Waals surface area contributed by atoms with E-state index < -0.39 is 10.0 Å². The van der Waals surface area contributed by atoms with Gasteiger partial charge in [-0.05, 0) is 61.2 Å². The molecule has 0 unspecified atom stereocenters. The number of rotatable bonds is 6. The van der Waals surface area contributed by atoms with Crippen molar-refractivity contribution < 1.29 is 17.6 Å². The number of hydrogen-bond donors (Lipinski definition) is 1. The van der Waals surface area contributed by atoms with E-state index in [9.17, 15) is 17.6 Å². The first-order chi connectivity index (χ1) is 12.1. The minimum absolute atomic E-state index is 0.138. The van der Waals surface area contributed by atoms with Crippen molar-refractivity contribution in [3.05, 3.63) is 58.9 Å². The van der Waals surface area contributed by atoms with Crippen LogP contribution in [0.3, 0.4) is 0 Å². The maximum Gasteiger partial charge on any atom is 0.242 e. The molecule has 0 aromatic heterocycles. The lowest BCUT2D eigenvalue weighted by molar-refractivity contribution is -0.116. The SMILES string of the molecule is Cc1cc(S(=O)(=O)N(C)C)cc(NC(=O)CCc2ccc(F)cc2)c1C. The molecule has 5 nitrogen and oxygen atoms in total. The molecule has 140 valence electrons. The van der Waals surface area contributed by atoms with E-state index in [1.165, 1.54) is 32.3 Å². The highest BCUT2D eigenvalue weighted by Crippen LogP contribution is 2.25. The number of anilines is 1. The zero-order valence-electron chi connectivity index (χ0n) is 15.3. The lowest BCUT2D eigenvalue weighted by Crippen LogP contribution is -2.23. The van der Waals surface area contributed by atoms with Crippen molar-refractivity contribution in [2.75, 3.05) is 19.4 Å². The number of amides is 1. The summed E-state index contributed by atoms with van der Waals surface area (Å²) in [6, 6.07) is 9.07. The third-order valence-electron chi connectivity index (χ3n) is 4.25. The summed E-state index contributed by atoms with van der Waals surface area (Å²) >= 11 is 0. The Balaban J connectivity index is 2.16. The van der Waals surface area contributed by atoms with E-state index in [4.69, 9.17) is 0 Å². The smallest absolute Gasteiger partial charge is 0.242 e. The first-order valence-corrected chi connectivity index (χ1v) is 9.63. The first-order valence-electron chi connectivity index (χ1n) is 8.19. The van der Waals surface area contributed by atoms with E-state index in [2.05, 4.69) is 5.32 Å². The number of carbonyl (C=O) groups is 1. The van der Waals surface area contributed by atoms with Crippen LogP contribution < -0.4 is 5.32 Å². The quantitative estimate of drug-likeness (QED) is 0.839. The fraction of sp³-hybridized carbons (Fsp3) is 0.316. The van der Waals surface area contributed by atoms with Crippen LogP contribution >= 0.6 is 0 Å². The number of sulfonamides is 1. The van der Waals surface area contributed by atoms with Crippen LogP contribution in [-0.2, 0) is 21.2 Å². The molecule has 0 heterocycles. The molecule has 0 aliphatic rings. The highest BCUT2D eigenvalue weighted by atomic mass is 32.2. The Labute approximate surface area is 153 Å². The highest BCUT2D eigenvalue weighted by Gasteiger charge is 2.20. The number of nitrogens with zero attached hydrogens (tertiary/aromatic N) is 1. The zero-order valence-corrected chi connectivity index (χ0v) is 16.2. The van der Waals surface area contributed by atoms with Gasteiger partial charge in [0.15, 0.2) is 0 Å². The first kappa shape index (κ1) is 20.1. The van der Waals surface area contributed by atoms with Gasteiger partial charge in [-0.3, -0.25) is 4.79 Å². The molecule has 2 aromatic rings. The van der Waals surface area contributed by atoms with Crippen LogP contribution in [0.5, 0.6) is 0 Å². The van der Waals surface area contributed by atoms with Gasteiger partial charge in [0.25, 0.3) is 0 Å². The number of benzene rings is 2. The van der Waals surface area contributed by atoms with E-state index in [1.807, 2.05) is 6.92 Å². The van der Waals surface area contributed by atoms with E-state index in [-0.39, 0.29) is 23.0 Å². The second kappa shape index (κ2) is 7.97. The van der Waals surface area contributed by atoms with Gasteiger partial charge in [-0.15, -0.1) is 0 Å². The lowest BCUT2D eigenvalue weighted by Gasteiger charge is -2.16. The molecule has 0 radical (unpaired) electrons. The number of aryl methyl sites for hydroxylation is 2. The Kier molecular flexibility index (Phi) is 6.15. The summed E-state index contributed by atoms with van der Waals surface area (Å²) in [5.41, 5.74) is 2.94. The summed E-state index contributed by atoms with van der Waals surface area (Å²) in [5.74, 6) is -0.542. The van der Waals surface area contributed by atoms with Crippen molar-refractivity contribution in [1.82, 2.24) is 4.31 Å². The van der Waals surface area contributed by atoms with Crippen molar-refractivity contribution in [3.63, 3.8) is 0 Å². The van der Waals surface area contributed by atoms with Crippen molar-refractivity contribution in [3.8, 4) is 0 Å². The minimum atomic E-state index is -3.59. The number of carbonyl (C=O) groups excluding carboxylic acids is 1. The largest absolute Gasteiger partial charge is 0.326 e. The van der Waals surface area contributed by atoms with Crippen LogP contribution in [0.2, 0.25) is 0 Å². The maximum atomic E-state index is 12.9. The normalized spacial score (nSPS) is 11.6. The molecule has 7 heteroatoms. The third-order valence-corrected chi connectivity index (χ3v) is 6.04. The van der Waals surface area contributed by atoms with Gasteiger partial charge in [0.1, 0.15) is 5.82 Å². The van der Waals surface area contributed by atoms with Crippen molar-refractivity contribution in [2.24, 2.45) is 0 Å². The van der Waals surface area contributed by atoms with Crippen LogP contribution in [0.15, 0.2) is 41.3 Å². The van der Waals surface area contributed by atoms with Crippen molar-refractivity contribution >= 4 is 21.6 Å². The van der Waals surface area contributed by atoms with Gasteiger partial charge in [-0.25, -0.2) is 17.1 Å². The molecule has 2 aromatic carbocycles. The number of hydrogen-bond acceptors (Lipinski definition) is 3. The molecule has 0 atom stereocenters. The topological polar surface area (TPSA) is 66.5 Å². The van der Waals surface area contributed by atoms with Gasteiger partial charge in [0.2, 0.25) is 15.9 Å². The molecular formula is C19H23FN2O3S. The molecule has 0 bridgehead atoms. The Bertz CT molecular complexity index is 907. The van der Waals surface area contributed by atoms with Gasteiger partial charge in [-0.2, -0.15) is 0 Å². The molecular weight excluding hydrogens is 355 g/mol. The minimum Gasteiger partial charge on any atom is -0.326 e. The average molecular weight is 378 g/mol. The van der Waals surface area contributed by atoms with Crippen molar-refractivity contribution in [2.45, 2.75) is 31.6 Å². The predicted molar refractivity (Wildman–Crippen MR) is 100 cm³/mol. The molecule has 2 rings (SSSR count). The van der Waals surface area contributed by atoms with E-state index in [0.717, 1.165) is 21.0 Å². The van der Waals surface area contributed by atoms with Gasteiger partial charge < -0.3 is 5.32 Å². The standard InChI is InChI=1S/C19H23FN2O3S/c1-13-11-17(26(24,25)22(3)4)12-18(14(13)2)21-19(23)10-7-15-5-8-16(20)9-6-15/h5-6,8-9,11-12H,7,10H2,1-4H3,(H,21,23). The van der Waals surface area contributed by atoms with E-state index in [1.54, 1.807) is 25.1 Å². The molecule has 0 spiro atoms. The van der Waals surface area contributed by atoms with Crippen molar-refractivity contribution in [1.29, 1.82) is 0 Å². The summed E-state index contributed by atoms with van der Waals surface area (Å²) in [7, 11) is -0.660. The molecule has 26 heavy (non-hydrogen) atoms. The van der Waals surface area contributed by atoms with Crippen LogP contribution in [0, 0.1) is 19.7 Å². The van der Waals surface area contributed by atoms with Gasteiger partial charge in [0.05, 0.1) is 4.90 Å². The Morgan fingerprint density at radius 3 is 2.31 bits per heavy atom. The van der Waals surface area contributed by atoms with Crippen LogP contribution in [0.25, 0.3) is 0 Å². The molecule has 0 fully saturated rings. The van der Waals surface area contributed by atoms with E-state index >= 15 is 0 Å². The lowest BCUT2D eigenvalue weighted by atomic mass is 10.1. The summed E-state index contributed by atoms with van der Waals surface area (Å²) in [4.78, 5) is 12.4. The second-order valence-electron chi connectivity index (χ2n) is 6.37. The summed E-state index contributed by atoms with van der Waals surface area (Å²) in [6.07, 6.45) is 0.689. The van der Waals surface area contributed by atoms with Crippen LogP contribution in [0.1, 0.15) is 23.1 Å². The molecule has 0 aliphatic heterocycles. The molecule has 0 aliphatic carbocycles. The van der Waals surface area contributed by atoms with Gasteiger partial charge >= 0.3 is 0 Å². The highest BCUT2D eigenvalue weighted by molar-refractivity contribution is 7.89. The Morgan fingerprint density at radius 1 is 1.12 bits per heavy atom. The summed E-state index contributed by atoms with van der Waals surface area (Å²) in [5, 5.41) is 2.79. The number of halogens is 1. The third kappa shape index (κ3) is 4.68. The summed E-state index contributed by atoms with van der Waals surface area (Å²) < 4.78 is 38.8. The molecule has 1 N–H and O–H groups in total. The number of nitrogens with one attached hydrogen (secondary N) is 1. The fourth-order valence-electron chi connectivity index (χ4n) is 2.44. The van der Waals surface area contributed by atoms with Crippen LogP contribution in [-0.4, -0.2) is 32.7 Å². The molecule has 1 amide bonds. The molecule has 0 saturated heterocycles. The predicted octanol–water partition coefficient (Wildman–Crippen LogP) is 3.26. The maximum absolute atomic E-state index is 12.9. The Morgan fingerprint density at radius 2 is 1.73 bits per heavy atom. The monoisotopic (exact) mass is 378 g/mol. The fourth-order valence-corrected chi connectivity index (χ4v) is 3.45. The Hall–Kier alpha value is -2.25. The van der Waals surface area contributed by atoms with Gasteiger partial charge in [-0.1, -0.05) is 12.1 Å². The second-order valence-corrected chi connectivity index (χ2v) is 8.53. The zero-order chi connectivity index (χ0) is 19.5. The van der Waals surface area contributed by atoms with Gasteiger partial charge in [0, 0.05) is 26.2 Å². The van der Waals surface area contributed by atoms with Crippen LogP contribution in [0.4, 0.5) is 10.1 Å².